The molecule has 0 atom stereocenters. The molecule has 0 bridgehead atoms. The molecule has 0 aliphatic rings. The second-order valence-corrected chi connectivity index (χ2v) is 3.36. The zero-order valence-electron chi connectivity index (χ0n) is 8.55. The van der Waals surface area contributed by atoms with Crippen LogP contribution < -0.4 is 0 Å². The minimum atomic E-state index is 0.459. The van der Waals surface area contributed by atoms with E-state index in [9.17, 15) is 0 Å². The number of aromatic nitrogens is 6. The van der Waals surface area contributed by atoms with Gasteiger partial charge in [0.25, 0.3) is 0 Å². The number of nitrogens with zero attached hydrogens (tertiary/aromatic N) is 4. The summed E-state index contributed by atoms with van der Waals surface area (Å²) < 4.78 is 0. The standard InChI is InChI=1S/C9H10N6S/c1-2-3-4-6(7-10-5-11-13-7)8-12-9(16)15-14-8/h2-5H,1H3,(H,10,11,13)(H2,12,14,15,16)/b3-2-,6-4+. The van der Waals surface area contributed by atoms with Crippen molar-refractivity contribution in [2.45, 2.75) is 12.1 Å². The Morgan fingerprint density at radius 2 is 2.19 bits per heavy atom. The van der Waals surface area contributed by atoms with Crippen molar-refractivity contribution in [3.05, 3.63) is 36.2 Å². The molecular formula is C9H10N6S. The van der Waals surface area contributed by atoms with E-state index >= 15 is 0 Å². The van der Waals surface area contributed by atoms with Crippen molar-refractivity contribution in [2.75, 3.05) is 0 Å². The van der Waals surface area contributed by atoms with Crippen LogP contribution in [0.25, 0.3) is 5.57 Å². The Hall–Kier alpha value is -1.89. The summed E-state index contributed by atoms with van der Waals surface area (Å²) in [6, 6.07) is 0. The number of hydrogen-bond acceptors (Lipinski definition) is 5. The van der Waals surface area contributed by atoms with Crippen molar-refractivity contribution in [1.29, 1.82) is 0 Å². The van der Waals surface area contributed by atoms with Gasteiger partial charge in [0.2, 0.25) is 0 Å². The molecular weight excluding hydrogens is 224 g/mol. The SMILES string of the molecule is C/C=C\C=C(/c1nnc[nH]1)c1nnc(S)[nH]1. The van der Waals surface area contributed by atoms with Crippen molar-refractivity contribution >= 4 is 18.2 Å². The fraction of sp³-hybridized carbons (Fsp3) is 0.111. The first-order valence-electron chi connectivity index (χ1n) is 4.62. The lowest BCUT2D eigenvalue weighted by Crippen LogP contribution is -1.93. The number of rotatable bonds is 3. The molecule has 82 valence electrons. The van der Waals surface area contributed by atoms with Gasteiger partial charge in [-0.25, -0.2) is 0 Å². The Morgan fingerprint density at radius 1 is 1.31 bits per heavy atom. The van der Waals surface area contributed by atoms with Crippen LogP contribution in [0.4, 0.5) is 0 Å². The van der Waals surface area contributed by atoms with E-state index in [4.69, 9.17) is 0 Å². The highest BCUT2D eigenvalue weighted by molar-refractivity contribution is 7.80. The Kier molecular flexibility index (Phi) is 3.16. The molecule has 0 aliphatic carbocycles. The van der Waals surface area contributed by atoms with E-state index in [1.165, 1.54) is 6.33 Å². The molecule has 0 saturated carbocycles. The van der Waals surface area contributed by atoms with E-state index < -0.39 is 0 Å². The average molecular weight is 234 g/mol. The zero-order valence-corrected chi connectivity index (χ0v) is 9.44. The third kappa shape index (κ3) is 2.19. The molecule has 2 aromatic heterocycles. The smallest absolute Gasteiger partial charge is 0.185 e. The number of aromatic amines is 2. The number of allylic oxidation sites excluding steroid dienone is 3. The molecule has 0 radical (unpaired) electrons. The third-order valence-electron chi connectivity index (χ3n) is 1.86. The van der Waals surface area contributed by atoms with Crippen molar-refractivity contribution < 1.29 is 0 Å². The predicted molar refractivity (Wildman–Crippen MR) is 61.9 cm³/mol. The first-order chi connectivity index (χ1) is 7.81. The summed E-state index contributed by atoms with van der Waals surface area (Å²) in [6.45, 7) is 1.93. The normalized spacial score (nSPS) is 12.5. The lowest BCUT2D eigenvalue weighted by atomic mass is 10.2. The van der Waals surface area contributed by atoms with Crippen molar-refractivity contribution in [3.8, 4) is 0 Å². The van der Waals surface area contributed by atoms with Gasteiger partial charge in [-0.3, -0.25) is 0 Å². The van der Waals surface area contributed by atoms with Crippen LogP contribution >= 0.6 is 12.6 Å². The molecule has 6 nitrogen and oxygen atoms in total. The molecule has 0 fully saturated rings. The molecule has 16 heavy (non-hydrogen) atoms. The molecule has 2 rings (SSSR count). The first kappa shape index (κ1) is 10.6. The number of hydrogen-bond donors (Lipinski definition) is 3. The van der Waals surface area contributed by atoms with E-state index in [0.717, 1.165) is 5.57 Å². The van der Waals surface area contributed by atoms with Crippen molar-refractivity contribution in [2.24, 2.45) is 0 Å². The second kappa shape index (κ2) is 4.75. The zero-order chi connectivity index (χ0) is 11.4. The van der Waals surface area contributed by atoms with Gasteiger partial charge < -0.3 is 9.97 Å². The first-order valence-corrected chi connectivity index (χ1v) is 5.07. The van der Waals surface area contributed by atoms with Crippen molar-refractivity contribution in [1.82, 2.24) is 30.4 Å². The van der Waals surface area contributed by atoms with Crippen molar-refractivity contribution in [3.63, 3.8) is 0 Å². The van der Waals surface area contributed by atoms with E-state index in [1.807, 2.05) is 25.2 Å². The van der Waals surface area contributed by atoms with Gasteiger partial charge >= 0.3 is 0 Å². The quantitative estimate of drug-likeness (QED) is 0.551. The average Bonchev–Trinajstić information content (AvgIpc) is 2.91. The molecule has 0 aromatic carbocycles. The van der Waals surface area contributed by atoms with Gasteiger partial charge in [-0.1, -0.05) is 12.2 Å². The third-order valence-corrected chi connectivity index (χ3v) is 2.06. The molecule has 2 heterocycles. The highest BCUT2D eigenvalue weighted by Gasteiger charge is 2.11. The summed E-state index contributed by atoms with van der Waals surface area (Å²) in [4.78, 5) is 5.84. The molecule has 0 unspecified atom stereocenters. The topological polar surface area (TPSA) is 83.1 Å². The van der Waals surface area contributed by atoms with Crippen LogP contribution in [-0.4, -0.2) is 30.4 Å². The molecule has 0 spiro atoms. The monoisotopic (exact) mass is 234 g/mol. The van der Waals surface area contributed by atoms with Crippen LogP contribution in [0.15, 0.2) is 29.7 Å². The molecule has 0 saturated heterocycles. The fourth-order valence-corrected chi connectivity index (χ4v) is 1.32. The molecule has 2 aromatic rings. The van der Waals surface area contributed by atoms with Gasteiger partial charge in [0.05, 0.1) is 5.57 Å². The summed E-state index contributed by atoms with van der Waals surface area (Å²) >= 11 is 4.07. The van der Waals surface area contributed by atoms with Crippen LogP contribution in [0.2, 0.25) is 0 Å². The molecule has 2 N–H and O–H groups in total. The van der Waals surface area contributed by atoms with E-state index in [1.54, 1.807) is 0 Å². The van der Waals surface area contributed by atoms with Crippen LogP contribution in [0.5, 0.6) is 0 Å². The van der Waals surface area contributed by atoms with Crippen LogP contribution in [0.1, 0.15) is 18.6 Å². The van der Waals surface area contributed by atoms with Gasteiger partial charge in [-0.05, 0) is 13.0 Å². The highest BCUT2D eigenvalue weighted by Crippen LogP contribution is 2.16. The number of nitrogens with one attached hydrogen (secondary N) is 2. The summed E-state index contributed by atoms with van der Waals surface area (Å²) in [5, 5.41) is 15.9. The maximum absolute atomic E-state index is 4.07. The van der Waals surface area contributed by atoms with E-state index in [2.05, 4.69) is 43.0 Å². The van der Waals surface area contributed by atoms with Gasteiger partial charge in [-0.15, -0.1) is 33.0 Å². The van der Waals surface area contributed by atoms with Crippen LogP contribution in [-0.2, 0) is 0 Å². The van der Waals surface area contributed by atoms with Gasteiger partial charge in [0, 0.05) is 0 Å². The van der Waals surface area contributed by atoms with Gasteiger partial charge in [0.15, 0.2) is 16.8 Å². The molecule has 0 amide bonds. The van der Waals surface area contributed by atoms with Crippen LogP contribution in [0, 0.1) is 0 Å². The van der Waals surface area contributed by atoms with E-state index in [-0.39, 0.29) is 0 Å². The summed E-state index contributed by atoms with van der Waals surface area (Å²) in [5.41, 5.74) is 0.781. The fourth-order valence-electron chi connectivity index (χ4n) is 1.17. The Bertz CT molecular complexity index is 510. The molecule has 7 heteroatoms. The Balaban J connectivity index is 2.44. The van der Waals surface area contributed by atoms with Gasteiger partial charge in [0.1, 0.15) is 6.33 Å². The maximum Gasteiger partial charge on any atom is 0.185 e. The molecule has 0 aliphatic heterocycles. The predicted octanol–water partition coefficient (Wildman–Crippen LogP) is 1.22. The second-order valence-electron chi connectivity index (χ2n) is 2.94. The van der Waals surface area contributed by atoms with E-state index in [0.29, 0.717) is 16.8 Å². The lowest BCUT2D eigenvalue weighted by Gasteiger charge is -1.96. The highest BCUT2D eigenvalue weighted by atomic mass is 32.1. The summed E-state index contributed by atoms with van der Waals surface area (Å²) in [6.07, 6.45) is 7.18. The summed E-state index contributed by atoms with van der Waals surface area (Å²) in [7, 11) is 0. The number of thiol groups is 1. The largest absolute Gasteiger partial charge is 0.327 e. The maximum atomic E-state index is 4.07. The Morgan fingerprint density at radius 3 is 2.75 bits per heavy atom. The summed E-state index contributed by atoms with van der Waals surface area (Å²) in [5.74, 6) is 1.22. The lowest BCUT2D eigenvalue weighted by molar-refractivity contribution is 0.977. The van der Waals surface area contributed by atoms with Crippen LogP contribution in [0.3, 0.4) is 0 Å². The number of H-pyrrole nitrogens is 2. The van der Waals surface area contributed by atoms with Gasteiger partial charge in [-0.2, -0.15) is 0 Å². The minimum Gasteiger partial charge on any atom is -0.327 e. The minimum absolute atomic E-state index is 0.459. The Labute approximate surface area is 97.3 Å².